The van der Waals surface area contributed by atoms with Crippen molar-refractivity contribution in [1.82, 2.24) is 24.6 Å². The van der Waals surface area contributed by atoms with E-state index in [9.17, 15) is 4.79 Å². The highest BCUT2D eigenvalue weighted by molar-refractivity contribution is 7.09. The molecule has 1 fully saturated rings. The summed E-state index contributed by atoms with van der Waals surface area (Å²) in [7, 11) is 0. The molecule has 6 nitrogen and oxygen atoms in total. The molecule has 154 valence electrons. The standard InChI is InChI=1S/C21H33N5OS/c1-7-26-16(3)18(15(2)23-26)19(27)25-10-8-9-24(11-12-25)13-17-14-28-20(22-17)21(4,5)6/h14H,7-13H2,1-6H3. The average molecular weight is 404 g/mol. The van der Waals surface area contributed by atoms with Crippen LogP contribution in [0.1, 0.15) is 66.6 Å². The van der Waals surface area contributed by atoms with Crippen molar-refractivity contribution >= 4 is 17.2 Å². The molecule has 0 unspecified atom stereocenters. The molecule has 1 aliphatic rings. The molecule has 7 heteroatoms. The van der Waals surface area contributed by atoms with E-state index < -0.39 is 0 Å². The van der Waals surface area contributed by atoms with Gasteiger partial charge in [-0.25, -0.2) is 4.98 Å². The van der Waals surface area contributed by atoms with Crippen LogP contribution in [0.15, 0.2) is 5.38 Å². The second-order valence-electron chi connectivity index (χ2n) is 8.68. The van der Waals surface area contributed by atoms with Gasteiger partial charge < -0.3 is 4.90 Å². The van der Waals surface area contributed by atoms with Crippen molar-refractivity contribution in [2.45, 2.75) is 66.5 Å². The second kappa shape index (κ2) is 8.33. The maximum absolute atomic E-state index is 13.1. The van der Waals surface area contributed by atoms with Crippen LogP contribution >= 0.6 is 11.3 Å². The molecule has 3 heterocycles. The van der Waals surface area contributed by atoms with Gasteiger partial charge in [-0.3, -0.25) is 14.4 Å². The van der Waals surface area contributed by atoms with Crippen LogP contribution in [0.3, 0.4) is 0 Å². The summed E-state index contributed by atoms with van der Waals surface area (Å²) >= 11 is 1.75. The van der Waals surface area contributed by atoms with Crippen molar-refractivity contribution in [1.29, 1.82) is 0 Å². The van der Waals surface area contributed by atoms with E-state index in [1.165, 1.54) is 5.01 Å². The number of rotatable bonds is 4. The topological polar surface area (TPSA) is 54.3 Å². The molecule has 1 amide bonds. The number of amides is 1. The summed E-state index contributed by atoms with van der Waals surface area (Å²) in [6.45, 7) is 17.7. The summed E-state index contributed by atoms with van der Waals surface area (Å²) in [5.74, 6) is 0.125. The third kappa shape index (κ3) is 4.46. The maximum Gasteiger partial charge on any atom is 0.257 e. The second-order valence-corrected chi connectivity index (χ2v) is 9.54. The third-order valence-corrected chi connectivity index (χ3v) is 6.67. The first-order chi connectivity index (χ1) is 13.2. The Kier molecular flexibility index (Phi) is 6.25. The predicted molar refractivity (Wildman–Crippen MR) is 114 cm³/mol. The molecule has 1 aliphatic heterocycles. The zero-order valence-corrected chi connectivity index (χ0v) is 18.9. The van der Waals surface area contributed by atoms with Crippen LogP contribution in [0.4, 0.5) is 0 Å². The first kappa shape index (κ1) is 21.0. The normalized spacial score (nSPS) is 16.4. The minimum atomic E-state index is 0.101. The minimum absolute atomic E-state index is 0.101. The molecule has 0 spiro atoms. The highest BCUT2D eigenvalue weighted by Gasteiger charge is 2.26. The van der Waals surface area contributed by atoms with Crippen molar-refractivity contribution in [2.24, 2.45) is 0 Å². The van der Waals surface area contributed by atoms with Gasteiger partial charge in [0.05, 0.1) is 22.0 Å². The Hall–Kier alpha value is -1.73. The molecular formula is C21H33N5OS. The van der Waals surface area contributed by atoms with E-state index in [-0.39, 0.29) is 11.3 Å². The molecule has 1 saturated heterocycles. The fourth-order valence-electron chi connectivity index (χ4n) is 3.76. The zero-order chi connectivity index (χ0) is 20.5. The van der Waals surface area contributed by atoms with Gasteiger partial charge in [0.25, 0.3) is 5.91 Å². The first-order valence-electron chi connectivity index (χ1n) is 10.2. The van der Waals surface area contributed by atoms with Crippen LogP contribution in [0.2, 0.25) is 0 Å². The number of carbonyl (C=O) groups excluding carboxylic acids is 1. The largest absolute Gasteiger partial charge is 0.337 e. The number of hydrogen-bond acceptors (Lipinski definition) is 5. The Morgan fingerprint density at radius 2 is 1.93 bits per heavy atom. The van der Waals surface area contributed by atoms with Crippen molar-refractivity contribution in [3.8, 4) is 0 Å². The van der Waals surface area contributed by atoms with Crippen LogP contribution in [-0.2, 0) is 18.5 Å². The molecule has 3 rings (SSSR count). The lowest BCUT2D eigenvalue weighted by Gasteiger charge is -2.22. The summed E-state index contributed by atoms with van der Waals surface area (Å²) in [6, 6.07) is 0. The van der Waals surface area contributed by atoms with Crippen molar-refractivity contribution in [3.05, 3.63) is 33.0 Å². The van der Waals surface area contributed by atoms with Gasteiger partial charge >= 0.3 is 0 Å². The highest BCUT2D eigenvalue weighted by Crippen LogP contribution is 2.26. The van der Waals surface area contributed by atoms with Crippen LogP contribution in [0.5, 0.6) is 0 Å². The highest BCUT2D eigenvalue weighted by atomic mass is 32.1. The van der Waals surface area contributed by atoms with Gasteiger partial charge in [-0.1, -0.05) is 20.8 Å². The lowest BCUT2D eigenvalue weighted by atomic mass is 9.98. The van der Waals surface area contributed by atoms with Gasteiger partial charge in [0.2, 0.25) is 0 Å². The monoisotopic (exact) mass is 403 g/mol. The van der Waals surface area contributed by atoms with Gasteiger partial charge in [0, 0.05) is 55.8 Å². The molecular weight excluding hydrogens is 370 g/mol. The SMILES string of the molecule is CCn1nc(C)c(C(=O)N2CCCN(Cc3csc(C(C)(C)C)n3)CC2)c1C. The van der Waals surface area contributed by atoms with E-state index in [4.69, 9.17) is 4.98 Å². The summed E-state index contributed by atoms with van der Waals surface area (Å²) in [5, 5.41) is 7.88. The summed E-state index contributed by atoms with van der Waals surface area (Å²) in [6.07, 6.45) is 0.988. The fourth-order valence-corrected chi connectivity index (χ4v) is 4.66. The molecule has 0 saturated carbocycles. The molecule has 0 radical (unpaired) electrons. The van der Waals surface area contributed by atoms with E-state index in [1.54, 1.807) is 11.3 Å². The number of thiazole rings is 1. The fraction of sp³-hybridized carbons (Fsp3) is 0.667. The van der Waals surface area contributed by atoms with E-state index in [0.29, 0.717) is 0 Å². The molecule has 0 aliphatic carbocycles. The van der Waals surface area contributed by atoms with Gasteiger partial charge in [0.15, 0.2) is 0 Å². The number of aromatic nitrogens is 3. The molecule has 2 aromatic heterocycles. The summed E-state index contributed by atoms with van der Waals surface area (Å²) < 4.78 is 1.92. The van der Waals surface area contributed by atoms with Gasteiger partial charge in [-0.2, -0.15) is 5.10 Å². The van der Waals surface area contributed by atoms with Gasteiger partial charge in [-0.15, -0.1) is 11.3 Å². The van der Waals surface area contributed by atoms with Gasteiger partial charge in [-0.05, 0) is 27.2 Å². The Morgan fingerprint density at radius 1 is 1.18 bits per heavy atom. The molecule has 0 aromatic carbocycles. The Balaban J connectivity index is 1.64. The van der Waals surface area contributed by atoms with Crippen molar-refractivity contribution in [3.63, 3.8) is 0 Å². The van der Waals surface area contributed by atoms with E-state index in [2.05, 4.69) is 43.1 Å². The molecule has 28 heavy (non-hydrogen) atoms. The molecule has 0 bridgehead atoms. The summed E-state index contributed by atoms with van der Waals surface area (Å²) in [5.41, 5.74) is 3.84. The van der Waals surface area contributed by atoms with Crippen LogP contribution in [-0.4, -0.2) is 56.7 Å². The number of hydrogen-bond donors (Lipinski definition) is 0. The number of aryl methyl sites for hydroxylation is 2. The van der Waals surface area contributed by atoms with Crippen LogP contribution < -0.4 is 0 Å². The van der Waals surface area contributed by atoms with E-state index >= 15 is 0 Å². The average Bonchev–Trinajstić information content (AvgIpc) is 3.12. The van der Waals surface area contributed by atoms with E-state index in [1.807, 2.05) is 23.4 Å². The zero-order valence-electron chi connectivity index (χ0n) is 18.1. The quantitative estimate of drug-likeness (QED) is 0.782. The molecule has 0 N–H and O–H groups in total. The Bertz CT molecular complexity index is 832. The molecule has 2 aromatic rings. The molecule has 0 atom stereocenters. The van der Waals surface area contributed by atoms with E-state index in [0.717, 1.165) is 68.3 Å². The van der Waals surface area contributed by atoms with Crippen molar-refractivity contribution < 1.29 is 4.79 Å². The lowest BCUT2D eigenvalue weighted by molar-refractivity contribution is 0.0759. The predicted octanol–water partition coefficient (Wildman–Crippen LogP) is 3.62. The first-order valence-corrected chi connectivity index (χ1v) is 11.1. The van der Waals surface area contributed by atoms with Crippen LogP contribution in [0, 0.1) is 13.8 Å². The lowest BCUT2D eigenvalue weighted by Crippen LogP contribution is -2.35. The Morgan fingerprint density at radius 3 is 2.54 bits per heavy atom. The smallest absolute Gasteiger partial charge is 0.257 e. The number of carbonyl (C=O) groups is 1. The van der Waals surface area contributed by atoms with Gasteiger partial charge in [0.1, 0.15) is 0 Å². The Labute approximate surface area is 172 Å². The third-order valence-electron chi connectivity index (χ3n) is 5.35. The maximum atomic E-state index is 13.1. The van der Waals surface area contributed by atoms with Crippen LogP contribution in [0.25, 0.3) is 0 Å². The van der Waals surface area contributed by atoms with Crippen molar-refractivity contribution in [2.75, 3.05) is 26.2 Å². The minimum Gasteiger partial charge on any atom is -0.337 e. The summed E-state index contributed by atoms with van der Waals surface area (Å²) in [4.78, 5) is 22.4. The number of nitrogens with zero attached hydrogens (tertiary/aromatic N) is 5.